The molecule has 2 heterocycles. The van der Waals surface area contributed by atoms with Gasteiger partial charge in [0.1, 0.15) is 30.0 Å². The van der Waals surface area contributed by atoms with E-state index in [1.807, 2.05) is 24.3 Å². The van der Waals surface area contributed by atoms with Crippen LogP contribution in [0.5, 0.6) is 23.0 Å². The summed E-state index contributed by atoms with van der Waals surface area (Å²) in [5.41, 5.74) is 2.77. The van der Waals surface area contributed by atoms with Gasteiger partial charge in [-0.25, -0.2) is 8.78 Å². The van der Waals surface area contributed by atoms with E-state index in [4.69, 9.17) is 9.47 Å². The summed E-state index contributed by atoms with van der Waals surface area (Å²) in [4.78, 5) is 2.19. The molecular formula is C29H28F3NO4. The molecule has 8 heteroatoms. The van der Waals surface area contributed by atoms with Crippen molar-refractivity contribution in [2.75, 3.05) is 32.9 Å². The molecule has 0 aliphatic carbocycles. The number of hydrogen-bond acceptors (Lipinski definition) is 5. The number of rotatable bonds is 7. The maximum absolute atomic E-state index is 14.3. The van der Waals surface area contributed by atoms with E-state index >= 15 is 0 Å². The molecule has 37 heavy (non-hydrogen) atoms. The predicted octanol–water partition coefficient (Wildman–Crippen LogP) is 6.11. The van der Waals surface area contributed by atoms with Gasteiger partial charge in [-0.2, -0.15) is 0 Å². The number of phenols is 2. The van der Waals surface area contributed by atoms with Gasteiger partial charge in [-0.05, 0) is 79.1 Å². The van der Waals surface area contributed by atoms with E-state index in [0.29, 0.717) is 34.8 Å². The molecule has 2 N–H and O–H groups in total. The maximum Gasteiger partial charge on any atom is 0.187 e. The third-order valence-electron chi connectivity index (χ3n) is 7.05. The van der Waals surface area contributed by atoms with Gasteiger partial charge < -0.3 is 19.7 Å². The summed E-state index contributed by atoms with van der Waals surface area (Å²) >= 11 is 0. The second kappa shape index (κ2) is 10.4. The Hall–Kier alpha value is -3.65. The Kier molecular flexibility index (Phi) is 7.02. The molecule has 3 aromatic rings. The average Bonchev–Trinajstić information content (AvgIpc) is 3.36. The van der Waals surface area contributed by atoms with Crippen LogP contribution < -0.4 is 9.47 Å². The van der Waals surface area contributed by atoms with Crippen LogP contribution in [0.1, 0.15) is 36.1 Å². The van der Waals surface area contributed by atoms with Gasteiger partial charge >= 0.3 is 0 Å². The summed E-state index contributed by atoms with van der Waals surface area (Å²) in [6.45, 7) is 4.34. The highest BCUT2D eigenvalue weighted by Crippen LogP contribution is 2.48. The fourth-order valence-electron chi connectivity index (χ4n) is 5.04. The van der Waals surface area contributed by atoms with E-state index in [2.05, 4.69) is 4.90 Å². The maximum atomic E-state index is 14.3. The number of aromatic hydroxyl groups is 2. The topological polar surface area (TPSA) is 62.2 Å². The summed E-state index contributed by atoms with van der Waals surface area (Å²) in [6, 6.07) is 14.1. The lowest BCUT2D eigenvalue weighted by Gasteiger charge is -2.31. The molecule has 3 aromatic carbocycles. The first-order chi connectivity index (χ1) is 17.8. The summed E-state index contributed by atoms with van der Waals surface area (Å²) in [7, 11) is 0. The normalized spacial score (nSPS) is 19.6. The van der Waals surface area contributed by atoms with Gasteiger partial charge in [0, 0.05) is 30.1 Å². The SMILES string of the molecule is CC1=C(c2cc(F)c(O)c(F)c2)C(c2ccc(OCCN3CC[C@@H](CF)C3)cc2)Oc2ccc(O)cc21. The van der Waals surface area contributed by atoms with Crippen molar-refractivity contribution >= 4 is 11.1 Å². The van der Waals surface area contributed by atoms with Crippen molar-refractivity contribution in [1.82, 2.24) is 4.90 Å². The number of allylic oxidation sites excluding steroid dienone is 1. The van der Waals surface area contributed by atoms with Crippen LogP contribution in [0, 0.1) is 17.6 Å². The molecule has 0 bridgehead atoms. The molecule has 1 fully saturated rings. The first-order valence-corrected chi connectivity index (χ1v) is 12.2. The second-order valence-electron chi connectivity index (χ2n) is 9.53. The van der Waals surface area contributed by atoms with Crippen molar-refractivity contribution in [3.8, 4) is 23.0 Å². The number of hydrogen-bond donors (Lipinski definition) is 2. The Labute approximate surface area is 213 Å². The molecule has 2 aliphatic rings. The van der Waals surface area contributed by atoms with E-state index < -0.39 is 23.5 Å². The molecular weight excluding hydrogens is 483 g/mol. The van der Waals surface area contributed by atoms with Crippen molar-refractivity contribution < 1.29 is 32.9 Å². The van der Waals surface area contributed by atoms with E-state index in [-0.39, 0.29) is 23.9 Å². The summed E-state index contributed by atoms with van der Waals surface area (Å²) in [5, 5.41) is 19.6. The van der Waals surface area contributed by atoms with Gasteiger partial charge in [-0.15, -0.1) is 0 Å². The molecule has 0 spiro atoms. The van der Waals surface area contributed by atoms with E-state index in [1.165, 1.54) is 6.07 Å². The molecule has 0 radical (unpaired) electrons. The lowest BCUT2D eigenvalue weighted by Crippen LogP contribution is -2.26. The standard InChI is InChI=1S/C29H28F3NO4/c1-17-23-14-21(34)4-7-26(23)37-29(27(17)20-12-24(31)28(35)25(32)13-20)19-2-5-22(6-3-19)36-11-10-33-9-8-18(15-30)16-33/h2-7,12-14,18,29,34-35H,8-11,15-16H2,1H3/t18-,29?/m0/s1. The quantitative estimate of drug-likeness (QED) is 0.401. The van der Waals surface area contributed by atoms with Crippen LogP contribution in [0.4, 0.5) is 13.2 Å². The van der Waals surface area contributed by atoms with Gasteiger partial charge in [0.2, 0.25) is 0 Å². The first kappa shape index (κ1) is 25.0. The smallest absolute Gasteiger partial charge is 0.187 e. The van der Waals surface area contributed by atoms with Crippen molar-refractivity contribution in [3.05, 3.63) is 82.9 Å². The average molecular weight is 512 g/mol. The lowest BCUT2D eigenvalue weighted by molar-refractivity contribution is 0.228. The van der Waals surface area contributed by atoms with Gasteiger partial charge in [-0.1, -0.05) is 12.1 Å². The van der Waals surface area contributed by atoms with Gasteiger partial charge in [-0.3, -0.25) is 9.29 Å². The largest absolute Gasteiger partial charge is 0.508 e. The van der Waals surface area contributed by atoms with Crippen LogP contribution in [-0.2, 0) is 0 Å². The predicted molar refractivity (Wildman–Crippen MR) is 134 cm³/mol. The Morgan fingerprint density at radius 3 is 2.43 bits per heavy atom. The first-order valence-electron chi connectivity index (χ1n) is 12.2. The number of fused-ring (bicyclic) bond motifs is 1. The molecule has 0 saturated carbocycles. The zero-order valence-corrected chi connectivity index (χ0v) is 20.4. The van der Waals surface area contributed by atoms with Crippen molar-refractivity contribution in [2.45, 2.75) is 19.4 Å². The Bertz CT molecular complexity index is 1300. The van der Waals surface area contributed by atoms with Crippen molar-refractivity contribution in [2.24, 2.45) is 5.92 Å². The Morgan fingerprint density at radius 2 is 1.76 bits per heavy atom. The van der Waals surface area contributed by atoms with Crippen LogP contribution >= 0.6 is 0 Å². The number of alkyl halides is 1. The van der Waals surface area contributed by atoms with Gasteiger partial charge in [0.15, 0.2) is 17.4 Å². The molecule has 5 nitrogen and oxygen atoms in total. The highest BCUT2D eigenvalue weighted by molar-refractivity contribution is 5.95. The highest BCUT2D eigenvalue weighted by Gasteiger charge is 2.31. The molecule has 2 aliphatic heterocycles. The number of likely N-dealkylation sites (tertiary alicyclic amines) is 1. The molecule has 1 unspecified atom stereocenters. The van der Waals surface area contributed by atoms with Crippen LogP contribution in [0.2, 0.25) is 0 Å². The summed E-state index contributed by atoms with van der Waals surface area (Å²) < 4.78 is 53.6. The summed E-state index contributed by atoms with van der Waals surface area (Å²) in [6.07, 6.45) is 0.177. The number of phenolic OH excluding ortho intramolecular Hbond substituents is 2. The van der Waals surface area contributed by atoms with Crippen LogP contribution in [-0.4, -0.2) is 48.0 Å². The number of ether oxygens (including phenoxy) is 2. The zero-order chi connectivity index (χ0) is 26.1. The Morgan fingerprint density at radius 1 is 1.03 bits per heavy atom. The third kappa shape index (κ3) is 5.11. The monoisotopic (exact) mass is 511 g/mol. The lowest BCUT2D eigenvalue weighted by atomic mass is 9.86. The minimum atomic E-state index is -1.07. The number of nitrogens with zero attached hydrogens (tertiary/aromatic N) is 1. The molecule has 0 amide bonds. The van der Waals surface area contributed by atoms with Crippen LogP contribution in [0.25, 0.3) is 11.1 Å². The zero-order valence-electron chi connectivity index (χ0n) is 20.4. The molecule has 2 atom stereocenters. The molecule has 5 rings (SSSR count). The third-order valence-corrected chi connectivity index (χ3v) is 7.05. The Balaban J connectivity index is 1.41. The van der Waals surface area contributed by atoms with Crippen LogP contribution in [0.15, 0.2) is 54.6 Å². The molecule has 0 aromatic heterocycles. The fraction of sp³-hybridized carbons (Fsp3) is 0.310. The van der Waals surface area contributed by atoms with E-state index in [9.17, 15) is 23.4 Å². The van der Waals surface area contributed by atoms with Gasteiger partial charge in [0.25, 0.3) is 0 Å². The van der Waals surface area contributed by atoms with Crippen molar-refractivity contribution in [1.29, 1.82) is 0 Å². The molecule has 1 saturated heterocycles. The fourth-order valence-corrected chi connectivity index (χ4v) is 5.04. The van der Waals surface area contributed by atoms with Gasteiger partial charge in [0.05, 0.1) is 6.67 Å². The molecule has 194 valence electrons. The minimum absolute atomic E-state index is 0.0400. The minimum Gasteiger partial charge on any atom is -0.508 e. The highest BCUT2D eigenvalue weighted by atomic mass is 19.1. The summed E-state index contributed by atoms with van der Waals surface area (Å²) in [5.74, 6) is -1.84. The number of benzene rings is 3. The van der Waals surface area contributed by atoms with E-state index in [0.717, 1.165) is 43.8 Å². The second-order valence-corrected chi connectivity index (χ2v) is 9.53. The van der Waals surface area contributed by atoms with E-state index in [1.54, 1.807) is 19.1 Å². The number of halogens is 3. The van der Waals surface area contributed by atoms with Crippen molar-refractivity contribution in [3.63, 3.8) is 0 Å². The van der Waals surface area contributed by atoms with Crippen LogP contribution in [0.3, 0.4) is 0 Å².